The van der Waals surface area contributed by atoms with Crippen LogP contribution in [-0.2, 0) is 26.0 Å². The highest BCUT2D eigenvalue weighted by Crippen LogP contribution is 2.18. The van der Waals surface area contributed by atoms with E-state index in [2.05, 4.69) is 5.32 Å². The Morgan fingerprint density at radius 2 is 1.96 bits per heavy atom. The molecule has 7 nitrogen and oxygen atoms in total. The highest BCUT2D eigenvalue weighted by molar-refractivity contribution is 7.88. The van der Waals surface area contributed by atoms with Crippen molar-refractivity contribution in [3.63, 3.8) is 0 Å². The van der Waals surface area contributed by atoms with Gasteiger partial charge in [-0.3, -0.25) is 9.59 Å². The van der Waals surface area contributed by atoms with Crippen molar-refractivity contribution in [1.29, 1.82) is 0 Å². The number of likely N-dealkylation sites (tertiary alicyclic amines) is 1. The summed E-state index contributed by atoms with van der Waals surface area (Å²) in [5.41, 5.74) is 0.743. The molecule has 0 spiro atoms. The summed E-state index contributed by atoms with van der Waals surface area (Å²) < 4.78 is 36.9. The number of carbonyl (C=O) groups is 2. The fraction of sp³-hybridized carbons (Fsp3) is 0.579. The van der Waals surface area contributed by atoms with Crippen molar-refractivity contribution in [3.8, 4) is 0 Å². The Labute approximate surface area is 165 Å². The monoisotopic (exact) mass is 413 g/mol. The van der Waals surface area contributed by atoms with Crippen molar-refractivity contribution in [1.82, 2.24) is 14.5 Å². The summed E-state index contributed by atoms with van der Waals surface area (Å²) in [6, 6.07) is 5.84. The molecule has 0 saturated carbocycles. The van der Waals surface area contributed by atoms with E-state index in [9.17, 15) is 22.4 Å². The lowest BCUT2D eigenvalue weighted by Crippen LogP contribution is -2.46. The van der Waals surface area contributed by atoms with Gasteiger partial charge in [-0.05, 0) is 37.0 Å². The zero-order valence-corrected chi connectivity index (χ0v) is 17.2. The molecule has 1 saturated heterocycles. The number of nitrogens with one attached hydrogen (secondary N) is 1. The molecule has 2 amide bonds. The summed E-state index contributed by atoms with van der Waals surface area (Å²) in [7, 11) is -1.71. The molecule has 1 aromatic carbocycles. The van der Waals surface area contributed by atoms with E-state index in [1.165, 1.54) is 23.5 Å². The second kappa shape index (κ2) is 9.97. The van der Waals surface area contributed by atoms with Gasteiger partial charge in [-0.25, -0.2) is 17.1 Å². The van der Waals surface area contributed by atoms with E-state index >= 15 is 0 Å². The molecular formula is C19H28FN3O4S. The highest BCUT2D eigenvalue weighted by atomic mass is 32.2. The van der Waals surface area contributed by atoms with Crippen LogP contribution in [0.2, 0.25) is 0 Å². The largest absolute Gasteiger partial charge is 0.356 e. The Hall–Kier alpha value is -2.00. The van der Waals surface area contributed by atoms with Crippen molar-refractivity contribution in [3.05, 3.63) is 35.6 Å². The Bertz CT molecular complexity index is 783. The number of amides is 2. The van der Waals surface area contributed by atoms with Gasteiger partial charge in [0.1, 0.15) is 5.82 Å². The number of halogens is 1. The molecule has 0 aromatic heterocycles. The van der Waals surface area contributed by atoms with Crippen LogP contribution in [0.1, 0.15) is 24.8 Å². The lowest BCUT2D eigenvalue weighted by Gasteiger charge is -2.32. The summed E-state index contributed by atoms with van der Waals surface area (Å²) >= 11 is 0. The number of piperidine rings is 1. The van der Waals surface area contributed by atoms with Crippen LogP contribution in [0, 0.1) is 11.7 Å². The third-order valence-electron chi connectivity index (χ3n) is 4.93. The number of nitrogens with zero attached hydrogens (tertiary/aromatic N) is 2. The van der Waals surface area contributed by atoms with Crippen LogP contribution in [0.15, 0.2) is 24.3 Å². The Morgan fingerprint density at radius 3 is 2.61 bits per heavy atom. The van der Waals surface area contributed by atoms with Gasteiger partial charge < -0.3 is 10.2 Å². The van der Waals surface area contributed by atoms with E-state index in [0.717, 1.165) is 24.7 Å². The molecule has 0 unspecified atom stereocenters. The molecule has 0 radical (unpaired) electrons. The van der Waals surface area contributed by atoms with Crippen molar-refractivity contribution >= 4 is 21.8 Å². The van der Waals surface area contributed by atoms with E-state index in [1.807, 2.05) is 0 Å². The fourth-order valence-corrected chi connectivity index (χ4v) is 3.59. The number of rotatable bonds is 8. The molecule has 156 valence electrons. The molecule has 1 fully saturated rings. The first-order valence-electron chi connectivity index (χ1n) is 9.38. The Morgan fingerprint density at radius 1 is 1.29 bits per heavy atom. The number of hydrogen-bond donors (Lipinski definition) is 1. The molecule has 1 aliphatic heterocycles. The summed E-state index contributed by atoms with van der Waals surface area (Å²) in [6.07, 6.45) is 3.33. The average Bonchev–Trinajstić information content (AvgIpc) is 2.66. The Kier molecular flexibility index (Phi) is 7.94. The summed E-state index contributed by atoms with van der Waals surface area (Å²) in [5.74, 6) is -0.785. The van der Waals surface area contributed by atoms with Gasteiger partial charge in [0.25, 0.3) is 0 Å². The number of sulfonamides is 1. The van der Waals surface area contributed by atoms with Crippen LogP contribution in [0.5, 0.6) is 0 Å². The fourth-order valence-electron chi connectivity index (χ4n) is 3.13. The second-order valence-corrected chi connectivity index (χ2v) is 9.30. The average molecular weight is 414 g/mol. The highest BCUT2D eigenvalue weighted by Gasteiger charge is 2.28. The van der Waals surface area contributed by atoms with E-state index in [1.54, 1.807) is 17.0 Å². The first-order chi connectivity index (χ1) is 13.2. The van der Waals surface area contributed by atoms with E-state index in [4.69, 9.17) is 0 Å². The van der Waals surface area contributed by atoms with Crippen LogP contribution in [0.3, 0.4) is 0 Å². The maximum atomic E-state index is 13.0. The van der Waals surface area contributed by atoms with Gasteiger partial charge in [-0.1, -0.05) is 12.1 Å². The van der Waals surface area contributed by atoms with Gasteiger partial charge >= 0.3 is 0 Å². The zero-order valence-electron chi connectivity index (χ0n) is 16.4. The van der Waals surface area contributed by atoms with Crippen LogP contribution in [0.25, 0.3) is 0 Å². The number of hydrogen-bond acceptors (Lipinski definition) is 4. The van der Waals surface area contributed by atoms with Crippen molar-refractivity contribution in [2.75, 3.05) is 39.5 Å². The van der Waals surface area contributed by atoms with E-state index in [-0.39, 0.29) is 30.0 Å². The van der Waals surface area contributed by atoms with Gasteiger partial charge in [-0.15, -0.1) is 0 Å². The number of benzene rings is 1. The van der Waals surface area contributed by atoms with Crippen LogP contribution < -0.4 is 5.32 Å². The van der Waals surface area contributed by atoms with Gasteiger partial charge in [0, 0.05) is 33.2 Å². The molecule has 1 aliphatic rings. The van der Waals surface area contributed by atoms with Gasteiger partial charge in [0.15, 0.2) is 0 Å². The standard InChI is InChI=1S/C19H28FN3O4S/c1-22(28(2,26)27)11-4-10-21-19(25)16-5-3-12-23(14-16)18(24)13-15-6-8-17(20)9-7-15/h6-9,16H,3-5,10-14H2,1-2H3,(H,21,25)/t16-/m1/s1. The first-order valence-corrected chi connectivity index (χ1v) is 11.2. The topological polar surface area (TPSA) is 86.8 Å². The molecule has 9 heteroatoms. The minimum atomic E-state index is -3.21. The maximum Gasteiger partial charge on any atom is 0.227 e. The van der Waals surface area contributed by atoms with Crippen LogP contribution >= 0.6 is 0 Å². The minimum absolute atomic E-state index is 0.0705. The number of carbonyl (C=O) groups excluding carboxylic acids is 2. The van der Waals surface area contributed by atoms with Gasteiger partial charge in [-0.2, -0.15) is 0 Å². The third-order valence-corrected chi connectivity index (χ3v) is 6.24. The Balaban J connectivity index is 1.77. The normalized spacial score (nSPS) is 17.6. The third kappa shape index (κ3) is 6.87. The smallest absolute Gasteiger partial charge is 0.227 e. The summed E-state index contributed by atoms with van der Waals surface area (Å²) in [4.78, 5) is 26.6. The molecule has 28 heavy (non-hydrogen) atoms. The van der Waals surface area contributed by atoms with Crippen LogP contribution in [0.4, 0.5) is 4.39 Å². The molecule has 2 rings (SSSR count). The SMILES string of the molecule is CN(CCCNC(=O)[C@@H]1CCCN(C(=O)Cc2ccc(F)cc2)C1)S(C)(=O)=O. The minimum Gasteiger partial charge on any atom is -0.356 e. The molecule has 1 N–H and O–H groups in total. The second-order valence-electron chi connectivity index (χ2n) is 7.21. The quantitative estimate of drug-likeness (QED) is 0.645. The summed E-state index contributed by atoms with van der Waals surface area (Å²) in [5, 5.41) is 2.83. The molecule has 0 aliphatic carbocycles. The van der Waals surface area contributed by atoms with Crippen LogP contribution in [-0.4, -0.2) is 68.9 Å². The van der Waals surface area contributed by atoms with Gasteiger partial charge in [0.2, 0.25) is 21.8 Å². The van der Waals surface area contributed by atoms with E-state index < -0.39 is 10.0 Å². The van der Waals surface area contributed by atoms with Gasteiger partial charge in [0.05, 0.1) is 18.6 Å². The lowest BCUT2D eigenvalue weighted by atomic mass is 9.96. The van der Waals surface area contributed by atoms with Crippen molar-refractivity contribution in [2.45, 2.75) is 25.7 Å². The van der Waals surface area contributed by atoms with Crippen molar-refractivity contribution in [2.24, 2.45) is 5.92 Å². The zero-order chi connectivity index (χ0) is 20.7. The van der Waals surface area contributed by atoms with E-state index in [0.29, 0.717) is 32.6 Å². The molecule has 1 aromatic rings. The lowest BCUT2D eigenvalue weighted by molar-refractivity contribution is -0.135. The first kappa shape index (κ1) is 22.3. The predicted molar refractivity (Wildman–Crippen MR) is 105 cm³/mol. The molecule has 1 atom stereocenters. The maximum absolute atomic E-state index is 13.0. The molecule has 1 heterocycles. The molecule has 0 bridgehead atoms. The summed E-state index contributed by atoms with van der Waals surface area (Å²) in [6.45, 7) is 1.71. The van der Waals surface area contributed by atoms with Crippen molar-refractivity contribution < 1.29 is 22.4 Å². The predicted octanol–water partition coefficient (Wildman–Crippen LogP) is 1.00. The molecular weight excluding hydrogens is 385 g/mol.